The topological polar surface area (TPSA) is 67.5 Å². The second-order valence-electron chi connectivity index (χ2n) is 4.79. The first-order valence-corrected chi connectivity index (χ1v) is 8.16. The highest BCUT2D eigenvalue weighted by Crippen LogP contribution is 2.33. The van der Waals surface area contributed by atoms with Gasteiger partial charge in [0.1, 0.15) is 11.0 Å². The molecule has 0 aliphatic rings. The van der Waals surface area contributed by atoms with Crippen molar-refractivity contribution < 1.29 is 17.9 Å². The van der Waals surface area contributed by atoms with E-state index >= 15 is 0 Å². The number of aliphatic hydroxyl groups excluding tert-OH is 1. The summed E-state index contributed by atoms with van der Waals surface area (Å²) in [6.07, 6.45) is 3.34. The van der Waals surface area contributed by atoms with Crippen molar-refractivity contribution in [1.82, 2.24) is 0 Å². The molecule has 2 atom stereocenters. The zero-order valence-corrected chi connectivity index (χ0v) is 12.7. The number of hydrogen-bond acceptors (Lipinski definition) is 4. The van der Waals surface area contributed by atoms with Crippen LogP contribution >= 0.6 is 0 Å². The van der Waals surface area contributed by atoms with Crippen molar-refractivity contribution in [3.63, 3.8) is 0 Å². The predicted octanol–water partition coefficient (Wildman–Crippen LogP) is 3.04. The van der Waals surface area contributed by atoms with Gasteiger partial charge in [0.15, 0.2) is 9.84 Å². The third-order valence-corrected chi connectivity index (χ3v) is 5.33. The second kappa shape index (κ2) is 6.28. The Bertz CT molecular complexity index is 714. The van der Waals surface area contributed by atoms with Crippen molar-refractivity contribution in [3.8, 4) is 0 Å². The number of aryl methyl sites for hydroxylation is 1. The van der Waals surface area contributed by atoms with Gasteiger partial charge in [-0.1, -0.05) is 30.4 Å². The Balaban J connectivity index is 2.54. The lowest BCUT2D eigenvalue weighted by Crippen LogP contribution is -2.24. The van der Waals surface area contributed by atoms with Crippen LogP contribution < -0.4 is 0 Å². The van der Waals surface area contributed by atoms with Crippen LogP contribution in [0, 0.1) is 6.92 Å². The summed E-state index contributed by atoms with van der Waals surface area (Å²) in [4.78, 5) is 0.178. The molecule has 112 valence electrons. The van der Waals surface area contributed by atoms with E-state index in [0.717, 1.165) is 0 Å². The SMILES string of the molecule is C/C=C/C(O)C(c1coc(C)c1)S(=O)(=O)c1ccccc1. The van der Waals surface area contributed by atoms with Crippen molar-refractivity contribution in [1.29, 1.82) is 0 Å². The molecular formula is C16H18O4S. The van der Waals surface area contributed by atoms with Crippen molar-refractivity contribution in [2.24, 2.45) is 0 Å². The Morgan fingerprint density at radius 2 is 1.90 bits per heavy atom. The fourth-order valence-corrected chi connectivity index (χ4v) is 4.00. The average molecular weight is 306 g/mol. The molecule has 1 aromatic heterocycles. The lowest BCUT2D eigenvalue weighted by molar-refractivity contribution is 0.216. The highest BCUT2D eigenvalue weighted by molar-refractivity contribution is 7.91. The van der Waals surface area contributed by atoms with Gasteiger partial charge in [-0.2, -0.15) is 0 Å². The van der Waals surface area contributed by atoms with Crippen molar-refractivity contribution in [2.45, 2.75) is 30.1 Å². The smallest absolute Gasteiger partial charge is 0.188 e. The van der Waals surface area contributed by atoms with Crippen LogP contribution in [-0.2, 0) is 9.84 Å². The molecule has 0 saturated carbocycles. The molecule has 21 heavy (non-hydrogen) atoms. The Morgan fingerprint density at radius 1 is 1.24 bits per heavy atom. The van der Waals surface area contributed by atoms with Crippen molar-refractivity contribution in [3.05, 3.63) is 66.1 Å². The molecule has 5 heteroatoms. The number of rotatable bonds is 5. The largest absolute Gasteiger partial charge is 0.469 e. The molecule has 0 spiro atoms. The first-order chi connectivity index (χ1) is 9.96. The molecule has 0 radical (unpaired) electrons. The Kier molecular flexibility index (Phi) is 4.65. The van der Waals surface area contributed by atoms with E-state index in [1.54, 1.807) is 44.2 Å². The zero-order chi connectivity index (χ0) is 15.5. The number of hydrogen-bond donors (Lipinski definition) is 1. The summed E-state index contributed by atoms with van der Waals surface area (Å²) in [6.45, 7) is 3.47. The molecule has 0 saturated heterocycles. The number of aliphatic hydroxyl groups is 1. The van der Waals surface area contributed by atoms with E-state index in [9.17, 15) is 13.5 Å². The summed E-state index contributed by atoms with van der Waals surface area (Å²) >= 11 is 0. The Morgan fingerprint density at radius 3 is 2.43 bits per heavy atom. The van der Waals surface area contributed by atoms with Gasteiger partial charge in [0.25, 0.3) is 0 Å². The fraction of sp³-hybridized carbons (Fsp3) is 0.250. The molecule has 2 unspecified atom stereocenters. The van der Waals surface area contributed by atoms with Gasteiger partial charge in [0, 0.05) is 5.56 Å². The van der Waals surface area contributed by atoms with Crippen LogP contribution in [0.1, 0.15) is 23.5 Å². The second-order valence-corrected chi connectivity index (χ2v) is 6.86. The van der Waals surface area contributed by atoms with Crippen molar-refractivity contribution in [2.75, 3.05) is 0 Å². The van der Waals surface area contributed by atoms with E-state index < -0.39 is 21.2 Å². The van der Waals surface area contributed by atoms with Gasteiger partial charge in [-0.3, -0.25) is 0 Å². The highest BCUT2D eigenvalue weighted by Gasteiger charge is 2.35. The van der Waals surface area contributed by atoms with E-state index in [0.29, 0.717) is 11.3 Å². The van der Waals surface area contributed by atoms with Crippen LogP contribution in [0.4, 0.5) is 0 Å². The van der Waals surface area contributed by atoms with Gasteiger partial charge in [0.05, 0.1) is 17.3 Å². The lowest BCUT2D eigenvalue weighted by Gasteiger charge is -2.20. The van der Waals surface area contributed by atoms with E-state index in [1.807, 2.05) is 0 Å². The maximum atomic E-state index is 12.8. The summed E-state index contributed by atoms with van der Waals surface area (Å²) in [5.74, 6) is 0.603. The molecule has 2 aromatic rings. The first kappa shape index (κ1) is 15.5. The molecule has 1 aromatic carbocycles. The molecular weight excluding hydrogens is 288 g/mol. The molecule has 4 nitrogen and oxygen atoms in total. The summed E-state index contributed by atoms with van der Waals surface area (Å²) < 4.78 is 30.9. The molecule has 2 rings (SSSR count). The molecule has 0 aliphatic carbocycles. The van der Waals surface area contributed by atoms with Gasteiger partial charge < -0.3 is 9.52 Å². The number of allylic oxidation sites excluding steroid dienone is 1. The summed E-state index contributed by atoms with van der Waals surface area (Å²) in [5.41, 5.74) is 0.446. The van der Waals surface area contributed by atoms with Gasteiger partial charge in [0.2, 0.25) is 0 Å². The number of sulfone groups is 1. The molecule has 1 heterocycles. The molecule has 0 aliphatic heterocycles. The zero-order valence-electron chi connectivity index (χ0n) is 11.9. The molecule has 0 bridgehead atoms. The normalized spacial score (nSPS) is 15.2. The van der Waals surface area contributed by atoms with Gasteiger partial charge in [-0.15, -0.1) is 0 Å². The van der Waals surface area contributed by atoms with Gasteiger partial charge >= 0.3 is 0 Å². The maximum Gasteiger partial charge on any atom is 0.188 e. The van der Waals surface area contributed by atoms with E-state index in [2.05, 4.69) is 0 Å². The third kappa shape index (κ3) is 3.25. The van der Waals surface area contributed by atoms with E-state index in [4.69, 9.17) is 4.42 Å². The standard InChI is InChI=1S/C16H18O4S/c1-3-7-15(17)16(13-10-12(2)20-11-13)21(18,19)14-8-5-4-6-9-14/h3-11,15-17H,1-2H3/b7-3+. The minimum Gasteiger partial charge on any atom is -0.469 e. The first-order valence-electron chi connectivity index (χ1n) is 6.61. The Hall–Kier alpha value is -1.85. The van der Waals surface area contributed by atoms with Gasteiger partial charge in [-0.25, -0.2) is 8.42 Å². The summed E-state index contributed by atoms with van der Waals surface area (Å²) in [7, 11) is -3.72. The summed E-state index contributed by atoms with van der Waals surface area (Å²) in [5, 5.41) is 9.17. The summed E-state index contributed by atoms with van der Waals surface area (Å²) in [6, 6.07) is 9.75. The van der Waals surface area contributed by atoms with Crippen LogP contribution in [0.25, 0.3) is 0 Å². The Labute approximate surface area is 124 Å². The quantitative estimate of drug-likeness (QED) is 0.862. The average Bonchev–Trinajstić information content (AvgIpc) is 2.86. The minimum atomic E-state index is -3.72. The highest BCUT2D eigenvalue weighted by atomic mass is 32.2. The molecule has 1 N–H and O–H groups in total. The monoisotopic (exact) mass is 306 g/mol. The van der Waals surface area contributed by atoms with Crippen LogP contribution in [-0.4, -0.2) is 19.6 Å². The van der Waals surface area contributed by atoms with Crippen LogP contribution in [0.15, 0.2) is 64.1 Å². The number of benzene rings is 1. The third-order valence-electron chi connectivity index (χ3n) is 3.19. The maximum absolute atomic E-state index is 12.8. The lowest BCUT2D eigenvalue weighted by atomic mass is 10.1. The minimum absolute atomic E-state index is 0.178. The van der Waals surface area contributed by atoms with Gasteiger partial charge in [-0.05, 0) is 32.0 Å². The number of furan rings is 1. The fourth-order valence-electron chi connectivity index (χ4n) is 2.23. The van der Waals surface area contributed by atoms with Crippen LogP contribution in [0.3, 0.4) is 0 Å². The molecule has 0 amide bonds. The molecule has 0 fully saturated rings. The van der Waals surface area contributed by atoms with E-state index in [-0.39, 0.29) is 4.90 Å². The van der Waals surface area contributed by atoms with Crippen LogP contribution in [0.2, 0.25) is 0 Å². The van der Waals surface area contributed by atoms with Crippen molar-refractivity contribution >= 4 is 9.84 Å². The van der Waals surface area contributed by atoms with E-state index in [1.165, 1.54) is 24.5 Å². The predicted molar refractivity (Wildman–Crippen MR) is 80.6 cm³/mol. The van der Waals surface area contributed by atoms with Crippen LogP contribution in [0.5, 0.6) is 0 Å².